The molecular formula is C8H12N2O3. The number of carbonyl (C=O) groups is 2. The predicted octanol–water partition coefficient (Wildman–Crippen LogP) is -0.966. The van der Waals surface area contributed by atoms with Gasteiger partial charge in [0.05, 0.1) is 0 Å². The van der Waals surface area contributed by atoms with Crippen LogP contribution in [0.15, 0.2) is 0 Å². The molecule has 5 nitrogen and oxygen atoms in total. The lowest BCUT2D eigenvalue weighted by Crippen LogP contribution is -2.60. The van der Waals surface area contributed by atoms with Crippen molar-refractivity contribution in [3.8, 4) is 0 Å². The average molecular weight is 184 g/mol. The molecule has 1 unspecified atom stereocenters. The molecule has 5 heteroatoms. The Kier molecular flexibility index (Phi) is 1.95. The van der Waals surface area contributed by atoms with E-state index < -0.39 is 12.0 Å². The maximum Gasteiger partial charge on any atom is 0.330 e. The number of piperazine rings is 1. The molecule has 2 N–H and O–H groups in total. The number of carbonyl (C=O) groups excluding carboxylic acids is 1. The molecule has 2 heterocycles. The summed E-state index contributed by atoms with van der Waals surface area (Å²) in [4.78, 5) is 23.8. The molecule has 2 saturated heterocycles. The maximum atomic E-state index is 11.2. The molecule has 2 aliphatic rings. The zero-order valence-electron chi connectivity index (χ0n) is 7.19. The van der Waals surface area contributed by atoms with Crippen LogP contribution in [0.1, 0.15) is 12.8 Å². The number of nitrogens with one attached hydrogen (secondary N) is 1. The Balaban J connectivity index is 2.20. The monoisotopic (exact) mass is 184 g/mol. The van der Waals surface area contributed by atoms with Gasteiger partial charge in [-0.15, -0.1) is 0 Å². The second kappa shape index (κ2) is 2.99. The van der Waals surface area contributed by atoms with Crippen LogP contribution in [-0.2, 0) is 9.59 Å². The second-order valence-corrected chi connectivity index (χ2v) is 3.52. The Labute approximate surface area is 75.7 Å². The van der Waals surface area contributed by atoms with Crippen LogP contribution in [0.3, 0.4) is 0 Å². The van der Waals surface area contributed by atoms with Crippen LogP contribution in [0, 0.1) is 0 Å². The number of carboxylic acids is 1. The summed E-state index contributed by atoms with van der Waals surface area (Å²) in [6.07, 6.45) is 1.98. The van der Waals surface area contributed by atoms with Gasteiger partial charge in [-0.3, -0.25) is 9.69 Å². The minimum Gasteiger partial charge on any atom is -0.480 e. The molecule has 0 aromatic rings. The number of carboxylic acid groups (broad SMARTS) is 1. The van der Waals surface area contributed by atoms with Gasteiger partial charge in [-0.2, -0.15) is 0 Å². The van der Waals surface area contributed by atoms with Crippen molar-refractivity contribution in [3.63, 3.8) is 0 Å². The first kappa shape index (κ1) is 8.50. The van der Waals surface area contributed by atoms with Gasteiger partial charge in [-0.1, -0.05) is 0 Å². The predicted molar refractivity (Wildman–Crippen MR) is 44.2 cm³/mol. The third-order valence-electron chi connectivity index (χ3n) is 2.75. The lowest BCUT2D eigenvalue weighted by Gasteiger charge is -2.34. The number of amides is 1. The largest absolute Gasteiger partial charge is 0.480 e. The number of hydrogen-bond donors (Lipinski definition) is 2. The summed E-state index contributed by atoms with van der Waals surface area (Å²) in [7, 11) is 0. The molecule has 0 saturated carbocycles. The molecule has 13 heavy (non-hydrogen) atoms. The van der Waals surface area contributed by atoms with E-state index in [0.717, 1.165) is 19.4 Å². The topological polar surface area (TPSA) is 69.6 Å². The minimum absolute atomic E-state index is 0.235. The van der Waals surface area contributed by atoms with Crippen LogP contribution in [0.5, 0.6) is 0 Å². The van der Waals surface area contributed by atoms with E-state index in [4.69, 9.17) is 5.11 Å². The van der Waals surface area contributed by atoms with E-state index in [9.17, 15) is 9.59 Å². The number of rotatable bonds is 1. The Bertz CT molecular complexity index is 254. The van der Waals surface area contributed by atoms with Gasteiger partial charge in [-0.05, 0) is 19.4 Å². The van der Waals surface area contributed by atoms with Crippen LogP contribution in [-0.4, -0.2) is 47.1 Å². The zero-order chi connectivity index (χ0) is 9.42. The first-order valence-electron chi connectivity index (χ1n) is 4.46. The van der Waals surface area contributed by atoms with E-state index in [1.54, 1.807) is 4.90 Å². The van der Waals surface area contributed by atoms with Crippen LogP contribution < -0.4 is 5.32 Å². The van der Waals surface area contributed by atoms with E-state index >= 15 is 0 Å². The fourth-order valence-electron chi connectivity index (χ4n) is 2.14. The van der Waals surface area contributed by atoms with Crippen molar-refractivity contribution in [3.05, 3.63) is 0 Å². The third kappa shape index (κ3) is 1.29. The molecule has 0 aromatic heterocycles. The molecule has 0 spiro atoms. The average Bonchev–Trinajstić information content (AvgIpc) is 2.50. The molecule has 2 atom stereocenters. The van der Waals surface area contributed by atoms with E-state index in [0.29, 0.717) is 6.54 Å². The van der Waals surface area contributed by atoms with Crippen molar-refractivity contribution >= 4 is 11.9 Å². The lowest BCUT2D eigenvalue weighted by atomic mass is 10.1. The Morgan fingerprint density at radius 1 is 1.62 bits per heavy atom. The van der Waals surface area contributed by atoms with Crippen LogP contribution in [0.25, 0.3) is 0 Å². The minimum atomic E-state index is -1.04. The molecule has 1 amide bonds. The van der Waals surface area contributed by atoms with Gasteiger partial charge in [-0.25, -0.2) is 4.79 Å². The fraction of sp³-hybridized carbons (Fsp3) is 0.750. The highest BCUT2D eigenvalue weighted by Gasteiger charge is 2.42. The maximum absolute atomic E-state index is 11.2. The smallest absolute Gasteiger partial charge is 0.330 e. The summed E-state index contributed by atoms with van der Waals surface area (Å²) in [5, 5.41) is 11.5. The summed E-state index contributed by atoms with van der Waals surface area (Å²) in [6.45, 7) is 1.33. The van der Waals surface area contributed by atoms with Crippen LogP contribution in [0.4, 0.5) is 0 Å². The van der Waals surface area contributed by atoms with Crippen molar-refractivity contribution in [2.45, 2.75) is 24.9 Å². The van der Waals surface area contributed by atoms with E-state index in [1.165, 1.54) is 0 Å². The SMILES string of the molecule is O=C(O)C1C(=O)NC[C@H]2CCCN12. The van der Waals surface area contributed by atoms with Gasteiger partial charge < -0.3 is 10.4 Å². The molecule has 2 aliphatic heterocycles. The second-order valence-electron chi connectivity index (χ2n) is 3.52. The zero-order valence-corrected chi connectivity index (χ0v) is 7.19. The number of fused-ring (bicyclic) bond motifs is 1. The van der Waals surface area contributed by atoms with Crippen molar-refractivity contribution in [2.24, 2.45) is 0 Å². The molecular weight excluding hydrogens is 172 g/mol. The molecule has 72 valence electrons. The number of hydrogen-bond acceptors (Lipinski definition) is 3. The van der Waals surface area contributed by atoms with Crippen molar-refractivity contribution in [2.75, 3.05) is 13.1 Å². The molecule has 0 aromatic carbocycles. The standard InChI is InChI=1S/C8H12N2O3/c11-7-6(8(12)13)10-3-1-2-5(10)4-9-7/h5-6H,1-4H2,(H,9,11)(H,12,13)/t5-,6?/m1/s1. The first-order chi connectivity index (χ1) is 6.20. The molecule has 0 aliphatic carbocycles. The quantitative estimate of drug-likeness (QED) is 0.515. The normalized spacial score (nSPS) is 34.0. The summed E-state index contributed by atoms with van der Waals surface area (Å²) >= 11 is 0. The number of nitrogens with zero attached hydrogens (tertiary/aromatic N) is 1. The lowest BCUT2D eigenvalue weighted by molar-refractivity contribution is -0.151. The molecule has 0 bridgehead atoms. The van der Waals surface area contributed by atoms with E-state index in [-0.39, 0.29) is 11.9 Å². The summed E-state index contributed by atoms with van der Waals surface area (Å²) < 4.78 is 0. The summed E-state index contributed by atoms with van der Waals surface area (Å²) in [5.74, 6) is -1.41. The fourth-order valence-corrected chi connectivity index (χ4v) is 2.14. The first-order valence-corrected chi connectivity index (χ1v) is 4.46. The van der Waals surface area contributed by atoms with E-state index in [1.807, 2.05) is 0 Å². The van der Waals surface area contributed by atoms with Gasteiger partial charge in [0.1, 0.15) is 0 Å². The summed E-state index contributed by atoms with van der Waals surface area (Å²) in [6, 6.07) is -0.722. The van der Waals surface area contributed by atoms with Gasteiger partial charge in [0.25, 0.3) is 0 Å². The highest BCUT2D eigenvalue weighted by Crippen LogP contribution is 2.22. The highest BCUT2D eigenvalue weighted by atomic mass is 16.4. The van der Waals surface area contributed by atoms with Gasteiger partial charge in [0.2, 0.25) is 5.91 Å². The third-order valence-corrected chi connectivity index (χ3v) is 2.75. The van der Waals surface area contributed by atoms with Crippen molar-refractivity contribution in [1.29, 1.82) is 0 Å². The van der Waals surface area contributed by atoms with E-state index in [2.05, 4.69) is 5.32 Å². The molecule has 2 fully saturated rings. The molecule has 2 rings (SSSR count). The van der Waals surface area contributed by atoms with Gasteiger partial charge >= 0.3 is 5.97 Å². The number of aliphatic carboxylic acids is 1. The van der Waals surface area contributed by atoms with Crippen molar-refractivity contribution in [1.82, 2.24) is 10.2 Å². The Hall–Kier alpha value is -1.10. The molecule has 0 radical (unpaired) electrons. The van der Waals surface area contributed by atoms with Gasteiger partial charge in [0.15, 0.2) is 6.04 Å². The van der Waals surface area contributed by atoms with Crippen LogP contribution >= 0.6 is 0 Å². The Morgan fingerprint density at radius 2 is 2.38 bits per heavy atom. The Morgan fingerprint density at radius 3 is 3.08 bits per heavy atom. The van der Waals surface area contributed by atoms with Gasteiger partial charge in [0, 0.05) is 12.6 Å². The van der Waals surface area contributed by atoms with Crippen molar-refractivity contribution < 1.29 is 14.7 Å². The summed E-state index contributed by atoms with van der Waals surface area (Å²) in [5.41, 5.74) is 0. The van der Waals surface area contributed by atoms with Crippen LogP contribution in [0.2, 0.25) is 0 Å². The highest BCUT2D eigenvalue weighted by molar-refractivity contribution is 6.01.